The number of likely N-dealkylation sites (tertiary alicyclic amines) is 1. The zero-order chi connectivity index (χ0) is 13.5. The van der Waals surface area contributed by atoms with Gasteiger partial charge in [0, 0.05) is 12.6 Å². The van der Waals surface area contributed by atoms with Crippen molar-refractivity contribution in [3.63, 3.8) is 0 Å². The zero-order valence-electron chi connectivity index (χ0n) is 12.9. The second-order valence-corrected chi connectivity index (χ2v) is 6.29. The highest BCUT2D eigenvalue weighted by atomic mass is 16.5. The third-order valence-corrected chi connectivity index (χ3v) is 5.01. The molecule has 1 N–H and O–H groups in total. The van der Waals surface area contributed by atoms with Crippen LogP contribution in [0.3, 0.4) is 0 Å². The first-order valence-electron chi connectivity index (χ1n) is 8.37. The van der Waals surface area contributed by atoms with Gasteiger partial charge in [0.1, 0.15) is 0 Å². The van der Waals surface area contributed by atoms with Gasteiger partial charge in [-0.1, -0.05) is 19.8 Å². The lowest BCUT2D eigenvalue weighted by Gasteiger charge is -2.34. The summed E-state index contributed by atoms with van der Waals surface area (Å²) in [6.07, 6.45) is 8.56. The number of nitrogens with one attached hydrogen (secondary N) is 1. The minimum atomic E-state index is 0.560. The summed E-state index contributed by atoms with van der Waals surface area (Å²) in [5.41, 5.74) is 0. The van der Waals surface area contributed by atoms with Gasteiger partial charge in [-0.15, -0.1) is 0 Å². The molecular weight excluding hydrogens is 236 g/mol. The zero-order valence-corrected chi connectivity index (χ0v) is 12.9. The molecule has 1 heterocycles. The molecule has 1 saturated carbocycles. The first kappa shape index (κ1) is 15.3. The van der Waals surface area contributed by atoms with Crippen LogP contribution >= 0.6 is 0 Å². The Bertz CT molecular complexity index is 233. The van der Waals surface area contributed by atoms with Crippen molar-refractivity contribution in [3.05, 3.63) is 0 Å². The van der Waals surface area contributed by atoms with Crippen LogP contribution in [0.5, 0.6) is 0 Å². The molecule has 19 heavy (non-hydrogen) atoms. The molecule has 1 aliphatic heterocycles. The van der Waals surface area contributed by atoms with E-state index in [2.05, 4.69) is 24.1 Å². The molecule has 1 saturated heterocycles. The molecule has 1 atom stereocenters. The number of hydrogen-bond donors (Lipinski definition) is 1. The van der Waals surface area contributed by atoms with E-state index in [9.17, 15) is 0 Å². The number of nitrogens with zero attached hydrogens (tertiary/aromatic N) is 1. The van der Waals surface area contributed by atoms with Crippen molar-refractivity contribution < 1.29 is 4.74 Å². The van der Waals surface area contributed by atoms with Crippen LogP contribution in [0.4, 0.5) is 0 Å². The first-order valence-corrected chi connectivity index (χ1v) is 8.37. The summed E-state index contributed by atoms with van der Waals surface area (Å²) < 4.78 is 5.90. The Morgan fingerprint density at radius 2 is 1.84 bits per heavy atom. The van der Waals surface area contributed by atoms with E-state index in [0.717, 1.165) is 19.1 Å². The van der Waals surface area contributed by atoms with Gasteiger partial charge < -0.3 is 15.0 Å². The van der Waals surface area contributed by atoms with Gasteiger partial charge in [0.05, 0.1) is 12.7 Å². The highest BCUT2D eigenvalue weighted by Crippen LogP contribution is 2.21. The molecule has 0 aromatic rings. The highest BCUT2D eigenvalue weighted by molar-refractivity contribution is 4.79. The molecule has 3 nitrogen and oxygen atoms in total. The Balaban J connectivity index is 1.53. The van der Waals surface area contributed by atoms with Gasteiger partial charge in [-0.05, 0) is 58.2 Å². The van der Waals surface area contributed by atoms with E-state index in [0.29, 0.717) is 12.1 Å². The number of piperidine rings is 1. The Kier molecular flexibility index (Phi) is 6.62. The van der Waals surface area contributed by atoms with Gasteiger partial charge in [0.2, 0.25) is 0 Å². The summed E-state index contributed by atoms with van der Waals surface area (Å²) in [6, 6.07) is 0.645. The third-order valence-electron chi connectivity index (χ3n) is 5.01. The standard InChI is InChI=1S/C16H32N2O/c1-3-18-11-8-15(9-12-18)14(2)17-10-13-19-16-6-4-5-7-16/h14-17H,3-13H2,1-2H3. The van der Waals surface area contributed by atoms with Crippen LogP contribution in [0.15, 0.2) is 0 Å². The molecule has 3 heteroatoms. The Hall–Kier alpha value is -0.120. The van der Waals surface area contributed by atoms with Gasteiger partial charge in [0.25, 0.3) is 0 Å². The van der Waals surface area contributed by atoms with E-state index in [1.807, 2.05) is 0 Å². The van der Waals surface area contributed by atoms with E-state index >= 15 is 0 Å². The maximum Gasteiger partial charge on any atom is 0.0594 e. The lowest BCUT2D eigenvalue weighted by molar-refractivity contribution is 0.0573. The Morgan fingerprint density at radius 1 is 1.16 bits per heavy atom. The SMILES string of the molecule is CCN1CCC(C(C)NCCOC2CCCC2)CC1. The fourth-order valence-corrected chi connectivity index (χ4v) is 3.50. The van der Waals surface area contributed by atoms with Crippen LogP contribution in [0, 0.1) is 5.92 Å². The van der Waals surface area contributed by atoms with Crippen molar-refractivity contribution in [2.75, 3.05) is 32.8 Å². The quantitative estimate of drug-likeness (QED) is 0.718. The second-order valence-electron chi connectivity index (χ2n) is 6.29. The monoisotopic (exact) mass is 268 g/mol. The third kappa shape index (κ3) is 5.05. The van der Waals surface area contributed by atoms with E-state index in [1.54, 1.807) is 0 Å². The summed E-state index contributed by atoms with van der Waals surface area (Å²) in [4.78, 5) is 2.56. The van der Waals surface area contributed by atoms with E-state index in [4.69, 9.17) is 4.74 Å². The molecule has 1 unspecified atom stereocenters. The normalized spacial score (nSPS) is 24.9. The molecule has 2 aliphatic rings. The maximum absolute atomic E-state index is 5.90. The highest BCUT2D eigenvalue weighted by Gasteiger charge is 2.22. The molecule has 2 rings (SSSR count). The molecule has 2 fully saturated rings. The van der Waals surface area contributed by atoms with E-state index in [1.165, 1.54) is 58.2 Å². The number of rotatable bonds is 7. The predicted octanol–water partition coefficient (Wildman–Crippen LogP) is 2.66. The molecule has 0 radical (unpaired) electrons. The number of ether oxygens (including phenoxy) is 1. The average Bonchev–Trinajstić information content (AvgIpc) is 2.96. The van der Waals surface area contributed by atoms with Crippen LogP contribution in [-0.4, -0.2) is 49.8 Å². The average molecular weight is 268 g/mol. The topological polar surface area (TPSA) is 24.5 Å². The summed E-state index contributed by atoms with van der Waals surface area (Å²) in [6.45, 7) is 10.3. The largest absolute Gasteiger partial charge is 0.377 e. The summed E-state index contributed by atoms with van der Waals surface area (Å²) >= 11 is 0. The summed E-state index contributed by atoms with van der Waals surface area (Å²) in [5, 5.41) is 3.67. The molecular formula is C16H32N2O. The summed E-state index contributed by atoms with van der Waals surface area (Å²) in [7, 11) is 0. The Labute approximate surface area is 119 Å². The van der Waals surface area contributed by atoms with Gasteiger partial charge >= 0.3 is 0 Å². The van der Waals surface area contributed by atoms with E-state index in [-0.39, 0.29) is 0 Å². The molecule has 0 aromatic heterocycles. The number of hydrogen-bond acceptors (Lipinski definition) is 3. The lowest BCUT2D eigenvalue weighted by Crippen LogP contribution is -2.42. The van der Waals surface area contributed by atoms with Gasteiger partial charge in [-0.3, -0.25) is 0 Å². The van der Waals surface area contributed by atoms with Crippen LogP contribution in [0.25, 0.3) is 0 Å². The molecule has 0 aromatic carbocycles. The summed E-state index contributed by atoms with van der Waals surface area (Å²) in [5.74, 6) is 0.856. The lowest BCUT2D eigenvalue weighted by atomic mass is 9.90. The van der Waals surface area contributed by atoms with Crippen molar-refractivity contribution in [1.82, 2.24) is 10.2 Å². The predicted molar refractivity (Wildman–Crippen MR) is 80.5 cm³/mol. The van der Waals surface area contributed by atoms with Crippen LogP contribution in [0.1, 0.15) is 52.4 Å². The molecule has 1 aliphatic carbocycles. The maximum atomic E-state index is 5.90. The van der Waals surface area contributed by atoms with Crippen molar-refractivity contribution in [1.29, 1.82) is 0 Å². The van der Waals surface area contributed by atoms with Crippen molar-refractivity contribution in [2.24, 2.45) is 5.92 Å². The fourth-order valence-electron chi connectivity index (χ4n) is 3.50. The minimum absolute atomic E-state index is 0.560. The van der Waals surface area contributed by atoms with Crippen LogP contribution in [-0.2, 0) is 4.74 Å². The smallest absolute Gasteiger partial charge is 0.0594 e. The van der Waals surface area contributed by atoms with E-state index < -0.39 is 0 Å². The van der Waals surface area contributed by atoms with Gasteiger partial charge in [0.15, 0.2) is 0 Å². The molecule has 0 spiro atoms. The fraction of sp³-hybridized carbons (Fsp3) is 1.00. The van der Waals surface area contributed by atoms with Crippen LogP contribution < -0.4 is 5.32 Å². The van der Waals surface area contributed by atoms with Crippen molar-refractivity contribution in [3.8, 4) is 0 Å². The minimum Gasteiger partial charge on any atom is -0.377 e. The van der Waals surface area contributed by atoms with Gasteiger partial charge in [-0.25, -0.2) is 0 Å². The van der Waals surface area contributed by atoms with Gasteiger partial charge in [-0.2, -0.15) is 0 Å². The second kappa shape index (κ2) is 8.23. The first-order chi connectivity index (χ1) is 9.29. The molecule has 0 amide bonds. The van der Waals surface area contributed by atoms with Crippen molar-refractivity contribution in [2.45, 2.75) is 64.5 Å². The molecule has 0 bridgehead atoms. The Morgan fingerprint density at radius 3 is 2.47 bits per heavy atom. The van der Waals surface area contributed by atoms with Crippen molar-refractivity contribution >= 4 is 0 Å². The molecule has 112 valence electrons. The van der Waals surface area contributed by atoms with Crippen LogP contribution in [0.2, 0.25) is 0 Å².